The molecule has 1 aromatic heterocycles. The summed E-state index contributed by atoms with van der Waals surface area (Å²) in [6.45, 7) is 2.80. The van der Waals surface area contributed by atoms with Gasteiger partial charge in [-0.1, -0.05) is 19.3 Å². The van der Waals surface area contributed by atoms with Gasteiger partial charge in [-0.25, -0.2) is 4.79 Å². The quantitative estimate of drug-likeness (QED) is 0.389. The molecule has 1 atom stereocenters. The highest BCUT2D eigenvalue weighted by Crippen LogP contribution is 2.39. The molecule has 0 saturated heterocycles. The Hall–Kier alpha value is -3.48. The van der Waals surface area contributed by atoms with Gasteiger partial charge in [0.1, 0.15) is 17.9 Å². The fourth-order valence-electron chi connectivity index (χ4n) is 5.83. The van der Waals surface area contributed by atoms with Crippen LogP contribution in [0.25, 0.3) is 11.0 Å². The van der Waals surface area contributed by atoms with E-state index in [1.54, 1.807) is 20.3 Å². The second-order valence-electron chi connectivity index (χ2n) is 10.2. The molecular formula is C30H35NO6. The summed E-state index contributed by atoms with van der Waals surface area (Å²) in [6, 6.07) is 10.7. The highest BCUT2D eigenvalue weighted by molar-refractivity contribution is 5.81. The first-order chi connectivity index (χ1) is 18.0. The summed E-state index contributed by atoms with van der Waals surface area (Å²) in [7, 11) is 3.25. The Kier molecular flexibility index (Phi) is 7.40. The Morgan fingerprint density at radius 3 is 2.54 bits per heavy atom. The average molecular weight is 506 g/mol. The molecule has 196 valence electrons. The van der Waals surface area contributed by atoms with Gasteiger partial charge in [-0.15, -0.1) is 0 Å². The van der Waals surface area contributed by atoms with Crippen LogP contribution >= 0.6 is 0 Å². The number of methoxy groups -OCH3 is 2. The van der Waals surface area contributed by atoms with Crippen molar-refractivity contribution in [2.75, 3.05) is 27.4 Å². The van der Waals surface area contributed by atoms with Crippen LogP contribution in [-0.2, 0) is 11.2 Å². The standard InChI is InChI=1S/C30H35NO6/c1-19-13-30(33)37-26-16-22(9-10-23(19)26)36-18-25-24-17-28(35-3)27(34-2)15-21(24)11-12-31(25)29(32)14-20-7-5-4-6-8-20/h9-10,13,15-17,20,25H,4-8,11-12,14,18H2,1-3H3. The number of ether oxygens (including phenoxy) is 3. The van der Waals surface area contributed by atoms with Crippen molar-refractivity contribution in [1.82, 2.24) is 4.90 Å². The lowest BCUT2D eigenvalue weighted by molar-refractivity contribution is -0.136. The Bertz CT molecular complexity index is 1340. The lowest BCUT2D eigenvalue weighted by atomic mass is 9.85. The van der Waals surface area contributed by atoms with Crippen LogP contribution in [0.15, 0.2) is 45.6 Å². The summed E-state index contributed by atoms with van der Waals surface area (Å²) in [6.07, 6.45) is 7.28. The summed E-state index contributed by atoms with van der Waals surface area (Å²) in [5.41, 5.74) is 3.11. The van der Waals surface area contributed by atoms with Crippen molar-refractivity contribution in [2.45, 2.75) is 57.9 Å². The number of hydrogen-bond donors (Lipinski definition) is 0. The van der Waals surface area contributed by atoms with Gasteiger partial charge < -0.3 is 23.5 Å². The normalized spacial score (nSPS) is 17.9. The van der Waals surface area contributed by atoms with Crippen LogP contribution in [0.1, 0.15) is 61.3 Å². The maximum Gasteiger partial charge on any atom is 0.336 e. The molecule has 2 heterocycles. The summed E-state index contributed by atoms with van der Waals surface area (Å²) < 4.78 is 22.8. The first kappa shape index (κ1) is 25.2. The SMILES string of the molecule is COc1cc2c(cc1OC)C(COc1ccc3c(C)cc(=O)oc3c1)N(C(=O)CC1CCCCC1)CC2. The smallest absolute Gasteiger partial charge is 0.336 e. The minimum Gasteiger partial charge on any atom is -0.493 e. The lowest BCUT2D eigenvalue weighted by Crippen LogP contribution is -2.43. The number of benzene rings is 2. The van der Waals surface area contributed by atoms with Crippen molar-refractivity contribution in [3.05, 3.63) is 63.5 Å². The highest BCUT2D eigenvalue weighted by Gasteiger charge is 2.34. The second-order valence-corrected chi connectivity index (χ2v) is 10.2. The monoisotopic (exact) mass is 505 g/mol. The van der Waals surface area contributed by atoms with Gasteiger partial charge in [-0.3, -0.25) is 4.79 Å². The molecule has 0 spiro atoms. The number of rotatable bonds is 7. The van der Waals surface area contributed by atoms with Gasteiger partial charge in [0, 0.05) is 30.5 Å². The molecule has 7 nitrogen and oxygen atoms in total. The molecule has 0 radical (unpaired) electrons. The van der Waals surface area contributed by atoms with E-state index in [4.69, 9.17) is 18.6 Å². The minimum atomic E-state index is -0.385. The van der Waals surface area contributed by atoms with E-state index in [-0.39, 0.29) is 24.2 Å². The summed E-state index contributed by atoms with van der Waals surface area (Å²) in [5, 5.41) is 0.871. The zero-order chi connectivity index (χ0) is 25.9. The van der Waals surface area contributed by atoms with Gasteiger partial charge in [-0.2, -0.15) is 0 Å². The van der Waals surface area contributed by atoms with Crippen molar-refractivity contribution >= 4 is 16.9 Å². The predicted molar refractivity (Wildman–Crippen MR) is 142 cm³/mol. The molecule has 5 rings (SSSR count). The van der Waals surface area contributed by atoms with E-state index in [1.165, 1.54) is 25.3 Å². The first-order valence-corrected chi connectivity index (χ1v) is 13.2. The number of amides is 1. The maximum atomic E-state index is 13.6. The van der Waals surface area contributed by atoms with Gasteiger partial charge in [-0.05, 0) is 73.1 Å². The number of nitrogens with zero attached hydrogens (tertiary/aromatic N) is 1. The van der Waals surface area contributed by atoms with Crippen LogP contribution in [0.4, 0.5) is 0 Å². The largest absolute Gasteiger partial charge is 0.493 e. The molecule has 2 aromatic carbocycles. The van der Waals surface area contributed by atoms with E-state index < -0.39 is 0 Å². The number of fused-ring (bicyclic) bond motifs is 2. The molecule has 0 N–H and O–H groups in total. The minimum absolute atomic E-state index is 0.182. The number of carbonyl (C=O) groups excluding carboxylic acids is 1. The fourth-order valence-corrected chi connectivity index (χ4v) is 5.83. The van der Waals surface area contributed by atoms with Crippen LogP contribution in [0.5, 0.6) is 17.2 Å². The summed E-state index contributed by atoms with van der Waals surface area (Å²) >= 11 is 0. The first-order valence-electron chi connectivity index (χ1n) is 13.2. The number of hydrogen-bond acceptors (Lipinski definition) is 6. The Morgan fingerprint density at radius 1 is 1.03 bits per heavy atom. The molecule has 2 aliphatic rings. The fraction of sp³-hybridized carbons (Fsp3) is 0.467. The molecule has 1 saturated carbocycles. The number of aryl methyl sites for hydroxylation is 1. The second kappa shape index (κ2) is 10.9. The van der Waals surface area contributed by atoms with Crippen molar-refractivity contribution < 1.29 is 23.4 Å². The van der Waals surface area contributed by atoms with E-state index >= 15 is 0 Å². The summed E-state index contributed by atoms with van der Waals surface area (Å²) in [5.74, 6) is 2.55. The molecular weight excluding hydrogens is 470 g/mol. The van der Waals surface area contributed by atoms with Crippen LogP contribution in [0, 0.1) is 12.8 Å². The molecule has 37 heavy (non-hydrogen) atoms. The Balaban J connectivity index is 1.44. The van der Waals surface area contributed by atoms with Crippen molar-refractivity contribution in [3.63, 3.8) is 0 Å². The third kappa shape index (κ3) is 5.31. The Labute approximate surface area is 217 Å². The molecule has 1 fully saturated rings. The molecule has 1 aliphatic carbocycles. The van der Waals surface area contributed by atoms with Gasteiger partial charge in [0.25, 0.3) is 0 Å². The molecule has 1 unspecified atom stereocenters. The summed E-state index contributed by atoms with van der Waals surface area (Å²) in [4.78, 5) is 27.4. The van der Waals surface area contributed by atoms with Crippen LogP contribution in [0.3, 0.4) is 0 Å². The third-order valence-electron chi connectivity index (χ3n) is 7.84. The molecule has 3 aromatic rings. The molecule has 1 aliphatic heterocycles. The van der Waals surface area contributed by atoms with E-state index in [1.807, 2.05) is 36.1 Å². The Morgan fingerprint density at radius 2 is 1.78 bits per heavy atom. The van der Waals surface area contributed by atoms with Gasteiger partial charge in [0.05, 0.1) is 20.3 Å². The lowest BCUT2D eigenvalue weighted by Gasteiger charge is -2.38. The van der Waals surface area contributed by atoms with Crippen LogP contribution in [-0.4, -0.2) is 38.2 Å². The van der Waals surface area contributed by atoms with Crippen molar-refractivity contribution in [3.8, 4) is 17.2 Å². The van der Waals surface area contributed by atoms with Crippen molar-refractivity contribution in [1.29, 1.82) is 0 Å². The van der Waals surface area contributed by atoms with E-state index in [0.29, 0.717) is 41.7 Å². The molecule has 1 amide bonds. The molecule has 7 heteroatoms. The van der Waals surface area contributed by atoms with Crippen LogP contribution < -0.4 is 19.8 Å². The zero-order valence-corrected chi connectivity index (χ0v) is 21.9. The maximum absolute atomic E-state index is 13.6. The molecule has 0 bridgehead atoms. The zero-order valence-electron chi connectivity index (χ0n) is 21.9. The van der Waals surface area contributed by atoms with Crippen molar-refractivity contribution in [2.24, 2.45) is 5.92 Å². The van der Waals surface area contributed by atoms with E-state index in [0.717, 1.165) is 41.3 Å². The third-order valence-corrected chi connectivity index (χ3v) is 7.84. The van der Waals surface area contributed by atoms with Gasteiger partial charge in [0.2, 0.25) is 5.91 Å². The van der Waals surface area contributed by atoms with Gasteiger partial charge in [0.15, 0.2) is 11.5 Å². The predicted octanol–water partition coefficient (Wildman–Crippen LogP) is 5.59. The average Bonchev–Trinajstić information content (AvgIpc) is 2.90. The van der Waals surface area contributed by atoms with E-state index in [2.05, 4.69) is 0 Å². The highest BCUT2D eigenvalue weighted by atomic mass is 16.5. The topological polar surface area (TPSA) is 78.2 Å². The number of carbonyl (C=O) groups is 1. The van der Waals surface area contributed by atoms with E-state index in [9.17, 15) is 9.59 Å². The van der Waals surface area contributed by atoms with Gasteiger partial charge >= 0.3 is 5.63 Å². The van der Waals surface area contributed by atoms with Crippen LogP contribution in [0.2, 0.25) is 0 Å².